The summed E-state index contributed by atoms with van der Waals surface area (Å²) in [4.78, 5) is 1.32. The first kappa shape index (κ1) is 13.9. The van der Waals surface area contributed by atoms with Crippen LogP contribution < -0.4 is 4.74 Å². The maximum absolute atomic E-state index is 13.9. The van der Waals surface area contributed by atoms with E-state index >= 15 is 0 Å². The zero-order valence-corrected chi connectivity index (χ0v) is 11.6. The van der Waals surface area contributed by atoms with Crippen LogP contribution in [0.15, 0.2) is 52.3 Å². The highest BCUT2D eigenvalue weighted by molar-refractivity contribution is 7.99. The molecule has 0 aliphatic heterocycles. The van der Waals surface area contributed by atoms with Crippen molar-refractivity contribution in [3.05, 3.63) is 53.8 Å². The first-order valence-corrected chi connectivity index (χ1v) is 6.72. The normalized spacial score (nSPS) is 12.2. The topological polar surface area (TPSA) is 29.5 Å². The fourth-order valence-electron chi connectivity index (χ4n) is 1.74. The molecule has 4 heteroatoms. The van der Waals surface area contributed by atoms with Crippen molar-refractivity contribution in [1.29, 1.82) is 0 Å². The molecule has 1 atom stereocenters. The molecule has 0 saturated carbocycles. The van der Waals surface area contributed by atoms with Crippen molar-refractivity contribution in [3.8, 4) is 5.75 Å². The number of aliphatic hydroxyl groups excluding tert-OH is 1. The van der Waals surface area contributed by atoms with Gasteiger partial charge in [0.05, 0.1) is 18.1 Å². The Kier molecular flexibility index (Phi) is 4.45. The van der Waals surface area contributed by atoms with Crippen molar-refractivity contribution < 1.29 is 14.2 Å². The van der Waals surface area contributed by atoms with Crippen LogP contribution in [0.25, 0.3) is 0 Å². The Bertz CT molecular complexity index is 570. The number of halogens is 1. The van der Waals surface area contributed by atoms with Crippen LogP contribution >= 0.6 is 11.8 Å². The van der Waals surface area contributed by atoms with Crippen LogP contribution in [0.3, 0.4) is 0 Å². The summed E-state index contributed by atoms with van der Waals surface area (Å²) >= 11 is 1.28. The Morgan fingerprint density at radius 1 is 1.21 bits per heavy atom. The number of methoxy groups -OCH3 is 1. The van der Waals surface area contributed by atoms with Crippen molar-refractivity contribution in [3.63, 3.8) is 0 Å². The maximum Gasteiger partial charge on any atom is 0.137 e. The Morgan fingerprint density at radius 2 is 1.95 bits per heavy atom. The Morgan fingerprint density at radius 3 is 2.63 bits per heavy atom. The second kappa shape index (κ2) is 6.08. The van der Waals surface area contributed by atoms with E-state index in [0.717, 1.165) is 10.6 Å². The van der Waals surface area contributed by atoms with E-state index < -0.39 is 6.10 Å². The van der Waals surface area contributed by atoms with Crippen molar-refractivity contribution in [2.24, 2.45) is 0 Å². The highest BCUT2D eigenvalue weighted by Gasteiger charge is 2.13. The lowest BCUT2D eigenvalue weighted by Gasteiger charge is -2.12. The van der Waals surface area contributed by atoms with Crippen molar-refractivity contribution in [2.45, 2.75) is 22.8 Å². The number of benzene rings is 2. The number of aliphatic hydroxyl groups is 1. The molecule has 0 aliphatic carbocycles. The summed E-state index contributed by atoms with van der Waals surface area (Å²) in [6, 6.07) is 12.1. The van der Waals surface area contributed by atoms with Crippen LogP contribution in [-0.4, -0.2) is 12.2 Å². The predicted octanol–water partition coefficient (Wildman–Crippen LogP) is 4.04. The minimum Gasteiger partial charge on any atom is -0.497 e. The quantitative estimate of drug-likeness (QED) is 0.915. The third kappa shape index (κ3) is 3.28. The van der Waals surface area contributed by atoms with Crippen LogP contribution in [0.1, 0.15) is 18.6 Å². The average Bonchev–Trinajstić information content (AvgIpc) is 2.41. The molecule has 2 nitrogen and oxygen atoms in total. The molecule has 19 heavy (non-hydrogen) atoms. The molecular weight excluding hydrogens is 263 g/mol. The van der Waals surface area contributed by atoms with Crippen molar-refractivity contribution >= 4 is 11.8 Å². The fourth-order valence-corrected chi connectivity index (χ4v) is 2.82. The van der Waals surface area contributed by atoms with Gasteiger partial charge in [0.15, 0.2) is 0 Å². The molecule has 0 spiro atoms. The van der Waals surface area contributed by atoms with Gasteiger partial charge >= 0.3 is 0 Å². The maximum atomic E-state index is 13.9. The van der Waals surface area contributed by atoms with Gasteiger partial charge in [0, 0.05) is 4.90 Å². The van der Waals surface area contributed by atoms with Crippen LogP contribution in [0.4, 0.5) is 4.39 Å². The molecule has 1 N–H and O–H groups in total. The SMILES string of the molecule is COc1cccc(Sc2c(F)cccc2[C@H](C)O)c1. The van der Waals surface area contributed by atoms with E-state index in [1.807, 2.05) is 24.3 Å². The minimum atomic E-state index is -0.705. The van der Waals surface area contributed by atoms with Gasteiger partial charge in [0.2, 0.25) is 0 Å². The van der Waals surface area contributed by atoms with Gasteiger partial charge in [-0.05, 0) is 36.8 Å². The number of rotatable bonds is 4. The van der Waals surface area contributed by atoms with Gasteiger partial charge in [-0.15, -0.1) is 0 Å². The van der Waals surface area contributed by atoms with Gasteiger partial charge in [0.1, 0.15) is 11.6 Å². The van der Waals surface area contributed by atoms with E-state index in [1.165, 1.54) is 17.8 Å². The summed E-state index contributed by atoms with van der Waals surface area (Å²) < 4.78 is 19.1. The first-order chi connectivity index (χ1) is 9.11. The minimum absolute atomic E-state index is 0.328. The average molecular weight is 278 g/mol. The Hall–Kier alpha value is -1.52. The number of ether oxygens (including phenoxy) is 1. The Labute approximate surface area is 116 Å². The van der Waals surface area contributed by atoms with E-state index in [9.17, 15) is 9.50 Å². The molecule has 0 unspecified atom stereocenters. The Balaban J connectivity index is 2.37. The van der Waals surface area contributed by atoms with E-state index in [2.05, 4.69) is 0 Å². The highest BCUT2D eigenvalue weighted by Crippen LogP contribution is 2.36. The lowest BCUT2D eigenvalue weighted by atomic mass is 10.1. The molecule has 0 bridgehead atoms. The molecule has 100 valence electrons. The standard InChI is InChI=1S/C15H15FO2S/c1-10(17)13-7-4-8-14(16)15(13)19-12-6-3-5-11(9-12)18-2/h3-10,17H,1-2H3/t10-/m0/s1. The summed E-state index contributed by atoms with van der Waals surface area (Å²) in [5, 5.41) is 9.70. The first-order valence-electron chi connectivity index (χ1n) is 5.90. The van der Waals surface area contributed by atoms with E-state index in [-0.39, 0.29) is 5.82 Å². The molecule has 0 aromatic heterocycles. The zero-order chi connectivity index (χ0) is 13.8. The number of hydrogen-bond donors (Lipinski definition) is 1. The lowest BCUT2D eigenvalue weighted by molar-refractivity contribution is 0.195. The smallest absolute Gasteiger partial charge is 0.137 e. The molecule has 2 rings (SSSR count). The molecule has 0 fully saturated rings. The summed E-state index contributed by atoms with van der Waals surface area (Å²) in [7, 11) is 1.59. The van der Waals surface area contributed by atoms with Gasteiger partial charge < -0.3 is 9.84 Å². The van der Waals surface area contributed by atoms with Gasteiger partial charge in [0.25, 0.3) is 0 Å². The highest BCUT2D eigenvalue weighted by atomic mass is 32.2. The summed E-state index contributed by atoms with van der Waals surface area (Å²) in [6.07, 6.45) is -0.705. The molecule has 0 radical (unpaired) electrons. The van der Waals surface area contributed by atoms with Crippen LogP contribution in [0.5, 0.6) is 5.75 Å². The van der Waals surface area contributed by atoms with Crippen molar-refractivity contribution in [2.75, 3.05) is 7.11 Å². The molecule has 0 heterocycles. The molecule has 0 saturated heterocycles. The predicted molar refractivity (Wildman–Crippen MR) is 74.2 cm³/mol. The van der Waals surface area contributed by atoms with E-state index in [1.54, 1.807) is 26.2 Å². The third-order valence-corrected chi connectivity index (χ3v) is 3.83. The van der Waals surface area contributed by atoms with Crippen LogP contribution in [0.2, 0.25) is 0 Å². The van der Waals surface area contributed by atoms with E-state index in [4.69, 9.17) is 4.74 Å². The van der Waals surface area contributed by atoms with Gasteiger partial charge in [-0.1, -0.05) is 30.0 Å². The molecular formula is C15H15FO2S. The third-order valence-electron chi connectivity index (χ3n) is 2.71. The van der Waals surface area contributed by atoms with Crippen LogP contribution in [-0.2, 0) is 0 Å². The molecule has 0 amide bonds. The van der Waals surface area contributed by atoms with Gasteiger partial charge in [-0.3, -0.25) is 0 Å². The van der Waals surface area contributed by atoms with Gasteiger partial charge in [-0.25, -0.2) is 4.39 Å². The van der Waals surface area contributed by atoms with Crippen molar-refractivity contribution in [1.82, 2.24) is 0 Å². The van der Waals surface area contributed by atoms with E-state index in [0.29, 0.717) is 10.5 Å². The molecule has 0 aliphatic rings. The lowest BCUT2D eigenvalue weighted by Crippen LogP contribution is -1.96. The number of hydrogen-bond acceptors (Lipinski definition) is 3. The van der Waals surface area contributed by atoms with Crippen LogP contribution in [0, 0.1) is 5.82 Å². The summed E-state index contributed by atoms with van der Waals surface area (Å²) in [5.74, 6) is 0.395. The van der Waals surface area contributed by atoms with Gasteiger partial charge in [-0.2, -0.15) is 0 Å². The molecule has 2 aromatic carbocycles. The fraction of sp³-hybridized carbons (Fsp3) is 0.200. The second-order valence-electron chi connectivity index (χ2n) is 4.12. The molecule has 2 aromatic rings. The summed E-state index contributed by atoms with van der Waals surface area (Å²) in [6.45, 7) is 1.63. The largest absolute Gasteiger partial charge is 0.497 e. The second-order valence-corrected chi connectivity index (χ2v) is 5.20. The monoisotopic (exact) mass is 278 g/mol. The summed E-state index contributed by atoms with van der Waals surface area (Å²) in [5.41, 5.74) is 0.591. The zero-order valence-electron chi connectivity index (χ0n) is 10.8.